The summed E-state index contributed by atoms with van der Waals surface area (Å²) in [6.07, 6.45) is 0.526. The van der Waals surface area contributed by atoms with Gasteiger partial charge in [0.15, 0.2) is 12.3 Å². The molecule has 1 N–H and O–H groups in total. The van der Waals surface area contributed by atoms with Crippen LogP contribution in [0.1, 0.15) is 84.0 Å². The number of hydroxylamine groups is 2. The van der Waals surface area contributed by atoms with Crippen LogP contribution in [0.15, 0.2) is 41.3 Å². The van der Waals surface area contributed by atoms with E-state index < -0.39 is 46.8 Å². The maximum atomic E-state index is 13.8. The van der Waals surface area contributed by atoms with E-state index in [-0.39, 0.29) is 40.5 Å². The van der Waals surface area contributed by atoms with E-state index in [9.17, 15) is 9.59 Å². The van der Waals surface area contributed by atoms with E-state index in [4.69, 9.17) is 22.5 Å². The van der Waals surface area contributed by atoms with E-state index >= 15 is 0 Å². The number of benzene rings is 1. The Balaban J connectivity index is 1.58. The average molecular weight is 716 g/mol. The Labute approximate surface area is 293 Å². The second-order valence-corrected chi connectivity index (χ2v) is 24.3. The minimum atomic E-state index is -3.01. The lowest BCUT2D eigenvalue weighted by Gasteiger charge is -2.55. The first-order chi connectivity index (χ1) is 23.0. The zero-order valence-corrected chi connectivity index (χ0v) is 33.2. The molecule has 3 fully saturated rings. The topological polar surface area (TPSA) is 117 Å². The van der Waals surface area contributed by atoms with Crippen molar-refractivity contribution in [3.8, 4) is 0 Å². The third kappa shape index (κ3) is 7.26. The Morgan fingerprint density at radius 3 is 2.24 bits per heavy atom. The highest BCUT2D eigenvalue weighted by Crippen LogP contribution is 2.53. The molecule has 12 nitrogen and oxygen atoms in total. The number of rotatable bonds is 11. The van der Waals surface area contributed by atoms with Gasteiger partial charge in [0, 0.05) is 23.9 Å². The van der Waals surface area contributed by atoms with Gasteiger partial charge in [0.25, 0.3) is 5.91 Å². The zero-order chi connectivity index (χ0) is 35.9. The number of hydrogen-bond donors (Lipinski definition) is 1. The van der Waals surface area contributed by atoms with E-state index in [1.54, 1.807) is 30.5 Å². The summed E-state index contributed by atoms with van der Waals surface area (Å²) in [6, 6.07) is 8.85. The predicted octanol–water partition coefficient (Wildman–Crippen LogP) is 5.60. The van der Waals surface area contributed by atoms with Crippen LogP contribution < -0.4 is 11.0 Å². The summed E-state index contributed by atoms with van der Waals surface area (Å²) in [7, 11) is -1.76. The van der Waals surface area contributed by atoms with Crippen LogP contribution in [-0.4, -0.2) is 101 Å². The van der Waals surface area contributed by atoms with E-state index in [0.29, 0.717) is 24.2 Å². The summed E-state index contributed by atoms with van der Waals surface area (Å²) in [4.78, 5) is 40.0. The van der Waals surface area contributed by atoms with Gasteiger partial charge in [0.2, 0.25) is 0 Å². The number of nitrogens with one attached hydrogen (secondary N) is 1. The molecule has 0 aliphatic carbocycles. The van der Waals surface area contributed by atoms with Gasteiger partial charge < -0.3 is 27.9 Å². The molecule has 49 heavy (non-hydrogen) atoms. The molecule has 4 atom stereocenters. The number of anilines is 1. The van der Waals surface area contributed by atoms with Crippen molar-refractivity contribution >= 4 is 28.8 Å². The monoisotopic (exact) mass is 715 g/mol. The largest absolute Gasteiger partial charge is 0.414 e. The van der Waals surface area contributed by atoms with Crippen LogP contribution in [0, 0.1) is 6.92 Å². The number of amides is 1. The van der Waals surface area contributed by atoms with Gasteiger partial charge in [-0.25, -0.2) is 4.79 Å². The molecule has 1 aromatic carbocycles. The van der Waals surface area contributed by atoms with E-state index in [2.05, 4.69) is 84.7 Å². The minimum absolute atomic E-state index is 0.116. The lowest BCUT2D eigenvalue weighted by atomic mass is 9.94. The van der Waals surface area contributed by atoms with Gasteiger partial charge in [-0.3, -0.25) is 14.2 Å². The summed E-state index contributed by atoms with van der Waals surface area (Å²) in [5.74, 6) is -0.136. The fourth-order valence-electron chi connectivity index (χ4n) is 7.60. The number of hydrogen-bond acceptors (Lipinski definition) is 10. The van der Waals surface area contributed by atoms with E-state index in [1.165, 1.54) is 4.57 Å². The smallest absolute Gasteiger partial charge is 0.351 e. The number of aryl methyl sites for hydroxylation is 1. The Morgan fingerprint density at radius 2 is 1.65 bits per heavy atom. The average Bonchev–Trinajstić information content (AvgIpc) is 3.18. The molecule has 272 valence electrons. The van der Waals surface area contributed by atoms with E-state index in [0.717, 1.165) is 13.0 Å². The first-order valence-corrected chi connectivity index (χ1v) is 21.7. The van der Waals surface area contributed by atoms with Crippen molar-refractivity contribution in [1.82, 2.24) is 19.5 Å². The van der Waals surface area contributed by atoms with Crippen LogP contribution in [0.2, 0.25) is 22.2 Å². The van der Waals surface area contributed by atoms with Gasteiger partial charge >= 0.3 is 22.8 Å². The zero-order valence-electron chi connectivity index (χ0n) is 31.2. The summed E-state index contributed by atoms with van der Waals surface area (Å²) >= 11 is 0. The Bertz CT molecular complexity index is 1510. The molecule has 1 amide bonds. The normalized spacial score (nSPS) is 26.7. The SMILES string of the molecule is Cc1cn([C@@H]2O[C@]34CO[Si](C(C)C)(C(C)C)O[Si](C(C)C)(C(C)C)OC3[C@@H]2ON(CCCN(C)C)C4)c(=O)nc1NC(=O)c1ccccc1. The van der Waals surface area contributed by atoms with Gasteiger partial charge in [-0.05, 0) is 68.3 Å². The second-order valence-electron chi connectivity index (χ2n) is 15.4. The van der Waals surface area contributed by atoms with Crippen LogP contribution in [-0.2, 0) is 22.5 Å². The standard InChI is InChI=1S/C35H57N5O7Si2/c1-23(2)48(24(3)4)43-22-35-21-39(19-15-18-38(10)11)45-29(30(35)46-49(47-48,25(5)6)26(7)8)33(44-35)40-20-27(9)31(37-34(40)42)36-32(41)28-16-13-12-14-17-28/h12-14,16-17,20,23-26,29-30,33H,15,18-19,21-22H2,1-11H3,(H,36,37,41,42)/t29-,30?,33+,35+/m0/s1. The summed E-state index contributed by atoms with van der Waals surface area (Å²) in [5, 5.41) is 4.78. The molecule has 14 heteroatoms. The van der Waals surface area contributed by atoms with Gasteiger partial charge in [0.1, 0.15) is 17.5 Å². The fraction of sp³-hybridized carbons (Fsp3) is 0.686. The van der Waals surface area contributed by atoms with Crippen molar-refractivity contribution in [2.75, 3.05) is 45.7 Å². The first-order valence-electron chi connectivity index (χ1n) is 17.8. The molecule has 1 aromatic heterocycles. The van der Waals surface area contributed by atoms with Crippen LogP contribution in [0.25, 0.3) is 0 Å². The molecule has 1 unspecified atom stereocenters. The maximum Gasteiger partial charge on any atom is 0.351 e. The summed E-state index contributed by atoms with van der Waals surface area (Å²) in [5.41, 5.74) is 0.189. The molecule has 3 saturated heterocycles. The molecule has 5 rings (SSSR count). The van der Waals surface area contributed by atoms with Gasteiger partial charge in [0.05, 0.1) is 13.2 Å². The summed E-state index contributed by atoms with van der Waals surface area (Å²) in [6.45, 7) is 21.7. The van der Waals surface area contributed by atoms with Crippen LogP contribution in [0.4, 0.5) is 5.82 Å². The molecule has 3 aliphatic heterocycles. The molecule has 0 spiro atoms. The third-order valence-corrected chi connectivity index (χ3v) is 20.5. The molecule has 0 saturated carbocycles. The number of carbonyl (C=O) groups is 1. The number of nitrogens with zero attached hydrogens (tertiary/aromatic N) is 4. The molecule has 0 radical (unpaired) electrons. The Kier molecular flexibility index (Phi) is 11.4. The van der Waals surface area contributed by atoms with Gasteiger partial charge in [-0.15, -0.1) is 0 Å². The van der Waals surface area contributed by atoms with Crippen LogP contribution in [0.3, 0.4) is 0 Å². The van der Waals surface area contributed by atoms with Crippen LogP contribution in [0.5, 0.6) is 0 Å². The number of aromatic nitrogens is 2. The van der Waals surface area contributed by atoms with Crippen molar-refractivity contribution in [3.63, 3.8) is 0 Å². The second kappa shape index (κ2) is 14.8. The van der Waals surface area contributed by atoms with Crippen molar-refractivity contribution < 1.29 is 27.3 Å². The predicted molar refractivity (Wildman–Crippen MR) is 194 cm³/mol. The molecular formula is C35H57N5O7Si2. The highest BCUT2D eigenvalue weighted by molar-refractivity contribution is 6.84. The molecule has 4 heterocycles. The van der Waals surface area contributed by atoms with E-state index in [1.807, 2.05) is 18.1 Å². The fourth-order valence-corrected chi connectivity index (χ4v) is 18.9. The van der Waals surface area contributed by atoms with Crippen molar-refractivity contribution in [1.29, 1.82) is 0 Å². The summed E-state index contributed by atoms with van der Waals surface area (Å²) < 4.78 is 30.7. The van der Waals surface area contributed by atoms with Crippen molar-refractivity contribution in [3.05, 3.63) is 58.1 Å². The number of ether oxygens (including phenoxy) is 1. The highest BCUT2D eigenvalue weighted by Gasteiger charge is 2.69. The Hall–Kier alpha value is -2.28. The first kappa shape index (κ1) is 38.0. The van der Waals surface area contributed by atoms with Gasteiger partial charge in [-0.1, -0.05) is 73.6 Å². The van der Waals surface area contributed by atoms with Crippen LogP contribution >= 0.6 is 0 Å². The molecule has 2 bridgehead atoms. The third-order valence-electron chi connectivity index (χ3n) is 10.2. The lowest BCUT2D eigenvalue weighted by molar-refractivity contribution is -0.269. The quantitative estimate of drug-likeness (QED) is 0.295. The van der Waals surface area contributed by atoms with Crippen molar-refractivity contribution in [2.45, 2.75) is 115 Å². The van der Waals surface area contributed by atoms with Crippen molar-refractivity contribution in [2.24, 2.45) is 0 Å². The maximum absolute atomic E-state index is 13.8. The number of carbonyl (C=O) groups excluding carboxylic acids is 1. The molecule has 2 aromatic rings. The lowest BCUT2D eigenvalue weighted by Crippen LogP contribution is -2.71. The molecular weight excluding hydrogens is 659 g/mol. The molecule has 3 aliphatic rings. The minimum Gasteiger partial charge on any atom is -0.414 e. The Morgan fingerprint density at radius 1 is 1.02 bits per heavy atom. The van der Waals surface area contributed by atoms with Gasteiger partial charge in [-0.2, -0.15) is 10.0 Å². The highest BCUT2D eigenvalue weighted by atomic mass is 28.5.